The Morgan fingerprint density at radius 2 is 2.09 bits per heavy atom. The molecule has 0 saturated carbocycles. The number of nitrogens with one attached hydrogen (secondary N) is 1. The molecule has 3 aromatic rings. The molecule has 1 aliphatic heterocycles. The lowest BCUT2D eigenvalue weighted by atomic mass is 10.0. The molecule has 1 unspecified atom stereocenters. The van der Waals surface area contributed by atoms with E-state index in [1.54, 1.807) is 0 Å². The minimum atomic E-state index is 0.339. The molecule has 1 saturated heterocycles. The van der Waals surface area contributed by atoms with Crippen LogP contribution in [0.1, 0.15) is 37.9 Å². The van der Waals surface area contributed by atoms with Crippen molar-refractivity contribution in [3.63, 3.8) is 0 Å². The number of aromatic nitrogens is 4. The van der Waals surface area contributed by atoms with Crippen molar-refractivity contribution in [1.82, 2.24) is 25.3 Å². The quantitative estimate of drug-likeness (QED) is 0.807. The molecular weight excluding hydrogens is 286 g/mol. The van der Waals surface area contributed by atoms with E-state index in [4.69, 9.17) is 0 Å². The summed E-state index contributed by atoms with van der Waals surface area (Å²) >= 11 is 0. The van der Waals surface area contributed by atoms with Gasteiger partial charge < -0.3 is 5.32 Å². The summed E-state index contributed by atoms with van der Waals surface area (Å²) in [5.74, 6) is 0.501. The van der Waals surface area contributed by atoms with Gasteiger partial charge in [0.1, 0.15) is 0 Å². The van der Waals surface area contributed by atoms with E-state index < -0.39 is 0 Å². The molecule has 0 bridgehead atoms. The molecule has 0 amide bonds. The number of rotatable bonds is 3. The maximum atomic E-state index is 4.47. The Kier molecular flexibility index (Phi) is 3.58. The molecular formula is C18H21N5. The van der Waals surface area contributed by atoms with E-state index in [0.717, 1.165) is 47.4 Å². The second-order valence-corrected chi connectivity index (χ2v) is 6.49. The van der Waals surface area contributed by atoms with Gasteiger partial charge in [-0.1, -0.05) is 12.1 Å². The van der Waals surface area contributed by atoms with Crippen LogP contribution in [0.25, 0.3) is 22.2 Å². The van der Waals surface area contributed by atoms with Gasteiger partial charge >= 0.3 is 0 Å². The zero-order valence-electron chi connectivity index (χ0n) is 13.5. The molecule has 1 atom stereocenters. The van der Waals surface area contributed by atoms with Crippen LogP contribution < -0.4 is 5.32 Å². The third-order valence-electron chi connectivity index (χ3n) is 4.55. The molecule has 1 fully saturated rings. The highest BCUT2D eigenvalue weighted by atomic mass is 15.3. The standard InChI is InChI=1S/C18H21N5/c1-12(2)23-18-9-13(3-4-15(18)11-20-23)16-5-6-17(22-21-16)14-7-8-19-10-14/h3-6,9,11-12,14,19H,7-8,10H2,1-2H3. The molecule has 1 aliphatic rings. The van der Waals surface area contributed by atoms with Crippen molar-refractivity contribution in [3.8, 4) is 11.3 Å². The Hall–Kier alpha value is -2.27. The van der Waals surface area contributed by atoms with E-state index in [2.05, 4.69) is 64.8 Å². The summed E-state index contributed by atoms with van der Waals surface area (Å²) in [6.07, 6.45) is 3.06. The molecule has 0 radical (unpaired) electrons. The van der Waals surface area contributed by atoms with Gasteiger partial charge in [-0.2, -0.15) is 15.3 Å². The first kappa shape index (κ1) is 14.3. The fourth-order valence-corrected chi connectivity index (χ4v) is 3.23. The average molecular weight is 307 g/mol. The maximum absolute atomic E-state index is 4.47. The number of benzene rings is 1. The van der Waals surface area contributed by atoms with Crippen LogP contribution in [0, 0.1) is 0 Å². The van der Waals surface area contributed by atoms with E-state index in [1.807, 2.05) is 10.9 Å². The number of nitrogens with zero attached hydrogens (tertiary/aromatic N) is 4. The average Bonchev–Trinajstić information content (AvgIpc) is 3.24. The van der Waals surface area contributed by atoms with E-state index in [9.17, 15) is 0 Å². The SMILES string of the molecule is CC(C)n1ncc2ccc(-c3ccc(C4CCNC4)nn3)cc21. The van der Waals surface area contributed by atoms with Crippen molar-refractivity contribution in [2.24, 2.45) is 0 Å². The Labute approximate surface area is 135 Å². The number of hydrogen-bond donors (Lipinski definition) is 1. The van der Waals surface area contributed by atoms with Crippen LogP contribution in [0.2, 0.25) is 0 Å². The predicted octanol–water partition coefficient (Wildman–Crippen LogP) is 3.15. The van der Waals surface area contributed by atoms with Gasteiger partial charge in [-0.05, 0) is 45.0 Å². The van der Waals surface area contributed by atoms with Crippen LogP contribution in [0.3, 0.4) is 0 Å². The molecule has 118 valence electrons. The van der Waals surface area contributed by atoms with Crippen molar-refractivity contribution >= 4 is 10.9 Å². The molecule has 23 heavy (non-hydrogen) atoms. The summed E-state index contributed by atoms with van der Waals surface area (Å²) in [6.45, 7) is 6.37. The summed E-state index contributed by atoms with van der Waals surface area (Å²) in [5, 5.41) is 17.9. The highest BCUT2D eigenvalue weighted by Crippen LogP contribution is 2.26. The molecule has 1 N–H and O–H groups in total. The highest BCUT2D eigenvalue weighted by Gasteiger charge is 2.18. The minimum absolute atomic E-state index is 0.339. The predicted molar refractivity (Wildman–Crippen MR) is 91.4 cm³/mol. The van der Waals surface area contributed by atoms with Crippen molar-refractivity contribution < 1.29 is 0 Å². The molecule has 4 rings (SSSR count). The molecule has 3 heterocycles. The number of hydrogen-bond acceptors (Lipinski definition) is 4. The van der Waals surface area contributed by atoms with Gasteiger partial charge in [-0.25, -0.2) is 0 Å². The summed E-state index contributed by atoms with van der Waals surface area (Å²) in [7, 11) is 0. The first-order valence-corrected chi connectivity index (χ1v) is 8.24. The monoisotopic (exact) mass is 307 g/mol. The number of fused-ring (bicyclic) bond motifs is 1. The fraction of sp³-hybridized carbons (Fsp3) is 0.389. The highest BCUT2D eigenvalue weighted by molar-refractivity contribution is 5.83. The van der Waals surface area contributed by atoms with Gasteiger partial charge in [0, 0.05) is 29.5 Å². The van der Waals surface area contributed by atoms with Gasteiger partial charge in [0.15, 0.2) is 0 Å². The fourth-order valence-electron chi connectivity index (χ4n) is 3.23. The summed E-state index contributed by atoms with van der Waals surface area (Å²) in [4.78, 5) is 0. The van der Waals surface area contributed by atoms with Gasteiger partial charge in [0.2, 0.25) is 0 Å². The molecule has 5 heteroatoms. The maximum Gasteiger partial charge on any atom is 0.0930 e. The zero-order valence-corrected chi connectivity index (χ0v) is 13.5. The lowest BCUT2D eigenvalue weighted by Gasteiger charge is -2.09. The second kappa shape index (κ2) is 5.74. The van der Waals surface area contributed by atoms with Gasteiger partial charge in [-0.3, -0.25) is 4.68 Å². The van der Waals surface area contributed by atoms with E-state index in [-0.39, 0.29) is 0 Å². The first-order chi connectivity index (χ1) is 11.2. The van der Waals surface area contributed by atoms with E-state index in [0.29, 0.717) is 12.0 Å². The van der Waals surface area contributed by atoms with Crippen LogP contribution in [0.4, 0.5) is 0 Å². The second-order valence-electron chi connectivity index (χ2n) is 6.49. The smallest absolute Gasteiger partial charge is 0.0930 e. The topological polar surface area (TPSA) is 55.6 Å². The van der Waals surface area contributed by atoms with Crippen molar-refractivity contribution in [1.29, 1.82) is 0 Å². The summed E-state index contributed by atoms with van der Waals surface area (Å²) in [5.41, 5.74) is 4.23. The summed E-state index contributed by atoms with van der Waals surface area (Å²) in [6, 6.07) is 10.9. The van der Waals surface area contributed by atoms with Crippen LogP contribution in [-0.4, -0.2) is 33.1 Å². The summed E-state index contributed by atoms with van der Waals surface area (Å²) < 4.78 is 2.05. The Balaban J connectivity index is 1.69. The van der Waals surface area contributed by atoms with Crippen LogP contribution >= 0.6 is 0 Å². The molecule has 5 nitrogen and oxygen atoms in total. The minimum Gasteiger partial charge on any atom is -0.316 e. The van der Waals surface area contributed by atoms with Gasteiger partial charge in [-0.15, -0.1) is 0 Å². The van der Waals surface area contributed by atoms with Gasteiger partial charge in [0.05, 0.1) is 23.1 Å². The molecule has 0 spiro atoms. The Bertz CT molecular complexity index is 813. The lowest BCUT2D eigenvalue weighted by molar-refractivity contribution is 0.551. The molecule has 1 aromatic carbocycles. The van der Waals surface area contributed by atoms with Crippen molar-refractivity contribution in [3.05, 3.63) is 42.2 Å². The normalized spacial score (nSPS) is 18.1. The van der Waals surface area contributed by atoms with Crippen molar-refractivity contribution in [2.75, 3.05) is 13.1 Å². The van der Waals surface area contributed by atoms with E-state index >= 15 is 0 Å². The first-order valence-electron chi connectivity index (χ1n) is 8.24. The van der Waals surface area contributed by atoms with Gasteiger partial charge in [0.25, 0.3) is 0 Å². The van der Waals surface area contributed by atoms with Crippen molar-refractivity contribution in [2.45, 2.75) is 32.2 Å². The van der Waals surface area contributed by atoms with E-state index in [1.165, 1.54) is 0 Å². The zero-order chi connectivity index (χ0) is 15.8. The van der Waals surface area contributed by atoms with Crippen LogP contribution in [0.15, 0.2) is 36.5 Å². The third kappa shape index (κ3) is 2.61. The van der Waals surface area contributed by atoms with Crippen LogP contribution in [-0.2, 0) is 0 Å². The molecule has 2 aromatic heterocycles. The Morgan fingerprint density at radius 3 is 2.78 bits per heavy atom. The Morgan fingerprint density at radius 1 is 1.17 bits per heavy atom. The third-order valence-corrected chi connectivity index (χ3v) is 4.55. The van der Waals surface area contributed by atoms with Crippen LogP contribution in [0.5, 0.6) is 0 Å². The largest absolute Gasteiger partial charge is 0.316 e. The molecule has 0 aliphatic carbocycles. The lowest BCUT2D eigenvalue weighted by Crippen LogP contribution is -2.09.